The number of anilines is 1. The minimum atomic E-state index is -1.74. The molecule has 1 rings (SSSR count). The van der Waals surface area contributed by atoms with Gasteiger partial charge in [0.15, 0.2) is 5.60 Å². The van der Waals surface area contributed by atoms with Crippen molar-refractivity contribution in [3.05, 3.63) is 30.3 Å². The second-order valence-electron chi connectivity index (χ2n) is 3.30. The third-order valence-corrected chi connectivity index (χ3v) is 1.87. The maximum atomic E-state index is 10.6. The van der Waals surface area contributed by atoms with Gasteiger partial charge in [-0.25, -0.2) is 4.79 Å². The Kier molecular flexibility index (Phi) is 3.09. The third kappa shape index (κ3) is 2.74. The summed E-state index contributed by atoms with van der Waals surface area (Å²) in [6.07, 6.45) is 0. The molecule has 76 valence electrons. The average Bonchev–Trinajstić information content (AvgIpc) is 2.16. The molecule has 0 aliphatic rings. The molecule has 0 amide bonds. The molecule has 0 aliphatic carbocycles. The van der Waals surface area contributed by atoms with Crippen molar-refractivity contribution in [1.82, 2.24) is 0 Å². The van der Waals surface area contributed by atoms with Crippen molar-refractivity contribution >= 4 is 11.7 Å². The standard InChI is InChI=1S/C10H13NO3/c1-10(14,9(12)13)7-11-8-5-3-2-4-6-8/h2-6,11,14H,7H2,1H3,(H,12,13). The number of aliphatic carboxylic acids is 1. The van der Waals surface area contributed by atoms with Crippen LogP contribution < -0.4 is 5.32 Å². The van der Waals surface area contributed by atoms with Gasteiger partial charge >= 0.3 is 5.97 Å². The normalized spacial score (nSPS) is 14.4. The molecule has 4 heteroatoms. The fraction of sp³-hybridized carbons (Fsp3) is 0.300. The summed E-state index contributed by atoms with van der Waals surface area (Å²) < 4.78 is 0. The van der Waals surface area contributed by atoms with Gasteiger partial charge in [-0.1, -0.05) is 18.2 Å². The van der Waals surface area contributed by atoms with Gasteiger partial charge < -0.3 is 15.5 Å². The molecule has 0 heterocycles. The first-order chi connectivity index (χ1) is 6.52. The van der Waals surface area contributed by atoms with E-state index in [4.69, 9.17) is 5.11 Å². The molecule has 1 aromatic carbocycles. The number of carboxylic acids is 1. The molecule has 0 fully saturated rings. The highest BCUT2D eigenvalue weighted by atomic mass is 16.4. The molecule has 0 saturated carbocycles. The molecule has 0 bridgehead atoms. The van der Waals surface area contributed by atoms with Gasteiger partial charge in [-0.15, -0.1) is 0 Å². The van der Waals surface area contributed by atoms with Crippen LogP contribution in [0.25, 0.3) is 0 Å². The summed E-state index contributed by atoms with van der Waals surface area (Å²) in [5.41, 5.74) is -0.954. The zero-order valence-corrected chi connectivity index (χ0v) is 7.90. The van der Waals surface area contributed by atoms with Crippen LogP contribution >= 0.6 is 0 Å². The molecule has 3 N–H and O–H groups in total. The van der Waals surface area contributed by atoms with Crippen LogP contribution in [0, 0.1) is 0 Å². The molecule has 4 nitrogen and oxygen atoms in total. The Bertz CT molecular complexity index is 308. The maximum Gasteiger partial charge on any atom is 0.337 e. The van der Waals surface area contributed by atoms with Gasteiger partial charge in [-0.05, 0) is 19.1 Å². The highest BCUT2D eigenvalue weighted by Gasteiger charge is 2.29. The van der Waals surface area contributed by atoms with Gasteiger partial charge in [0.25, 0.3) is 0 Å². The van der Waals surface area contributed by atoms with Gasteiger partial charge in [0.1, 0.15) is 0 Å². The van der Waals surface area contributed by atoms with E-state index >= 15 is 0 Å². The average molecular weight is 195 g/mol. The number of nitrogens with one attached hydrogen (secondary N) is 1. The van der Waals surface area contributed by atoms with Crippen LogP contribution in [-0.2, 0) is 4.79 Å². The van der Waals surface area contributed by atoms with Crippen LogP contribution in [0.15, 0.2) is 30.3 Å². The first-order valence-electron chi connectivity index (χ1n) is 4.27. The Hall–Kier alpha value is -1.55. The van der Waals surface area contributed by atoms with E-state index in [-0.39, 0.29) is 6.54 Å². The van der Waals surface area contributed by atoms with Gasteiger partial charge in [-0.2, -0.15) is 0 Å². The number of benzene rings is 1. The molecule has 1 atom stereocenters. The van der Waals surface area contributed by atoms with Crippen molar-refractivity contribution < 1.29 is 15.0 Å². The van der Waals surface area contributed by atoms with Crippen LogP contribution in [0.4, 0.5) is 5.69 Å². The Morgan fingerprint density at radius 2 is 2.00 bits per heavy atom. The molecular weight excluding hydrogens is 182 g/mol. The van der Waals surface area contributed by atoms with Crippen LogP contribution in [0.5, 0.6) is 0 Å². The number of rotatable bonds is 4. The van der Waals surface area contributed by atoms with Crippen LogP contribution in [0.1, 0.15) is 6.92 Å². The van der Waals surface area contributed by atoms with Gasteiger partial charge in [0.05, 0.1) is 6.54 Å². The summed E-state index contributed by atoms with van der Waals surface area (Å²) in [6, 6.07) is 9.13. The first kappa shape index (κ1) is 10.5. The van der Waals surface area contributed by atoms with E-state index in [1.165, 1.54) is 6.92 Å². The summed E-state index contributed by atoms with van der Waals surface area (Å²) >= 11 is 0. The summed E-state index contributed by atoms with van der Waals surface area (Å²) in [4.78, 5) is 10.6. The number of para-hydroxylation sites is 1. The quantitative estimate of drug-likeness (QED) is 0.668. The third-order valence-electron chi connectivity index (χ3n) is 1.87. The Labute approximate surface area is 82.2 Å². The van der Waals surface area contributed by atoms with Crippen LogP contribution in [0.2, 0.25) is 0 Å². The fourth-order valence-electron chi connectivity index (χ4n) is 0.906. The Morgan fingerprint density at radius 1 is 1.43 bits per heavy atom. The molecule has 0 spiro atoms. The predicted octanol–water partition coefficient (Wildman–Crippen LogP) is 0.934. The van der Waals surface area contributed by atoms with E-state index in [0.29, 0.717) is 0 Å². The zero-order valence-electron chi connectivity index (χ0n) is 7.90. The number of carboxylic acid groups (broad SMARTS) is 1. The summed E-state index contributed by atoms with van der Waals surface area (Å²) in [6.45, 7) is 1.23. The predicted molar refractivity (Wildman–Crippen MR) is 53.2 cm³/mol. The summed E-state index contributed by atoms with van der Waals surface area (Å²) in [7, 11) is 0. The number of carbonyl (C=O) groups is 1. The molecule has 14 heavy (non-hydrogen) atoms. The lowest BCUT2D eigenvalue weighted by Crippen LogP contribution is -2.41. The van der Waals surface area contributed by atoms with Crippen molar-refractivity contribution in [1.29, 1.82) is 0 Å². The van der Waals surface area contributed by atoms with Crippen molar-refractivity contribution in [2.24, 2.45) is 0 Å². The van der Waals surface area contributed by atoms with E-state index in [1.807, 2.05) is 18.2 Å². The topological polar surface area (TPSA) is 69.6 Å². The fourth-order valence-corrected chi connectivity index (χ4v) is 0.906. The molecule has 0 radical (unpaired) electrons. The van der Waals surface area contributed by atoms with Gasteiger partial charge in [-0.3, -0.25) is 0 Å². The minimum Gasteiger partial charge on any atom is -0.479 e. The molecular formula is C10H13NO3. The van der Waals surface area contributed by atoms with E-state index in [9.17, 15) is 9.90 Å². The SMILES string of the molecule is CC(O)(CNc1ccccc1)C(=O)O. The molecule has 1 unspecified atom stereocenters. The lowest BCUT2D eigenvalue weighted by molar-refractivity contribution is -0.155. The summed E-state index contributed by atoms with van der Waals surface area (Å²) in [5, 5.41) is 20.9. The van der Waals surface area contributed by atoms with E-state index in [1.54, 1.807) is 12.1 Å². The molecule has 0 aliphatic heterocycles. The van der Waals surface area contributed by atoms with E-state index in [0.717, 1.165) is 5.69 Å². The van der Waals surface area contributed by atoms with Crippen molar-refractivity contribution in [3.63, 3.8) is 0 Å². The summed E-state index contributed by atoms with van der Waals surface area (Å²) in [5.74, 6) is -1.24. The molecule has 1 aromatic rings. The highest BCUT2D eigenvalue weighted by Crippen LogP contribution is 2.09. The first-order valence-corrected chi connectivity index (χ1v) is 4.27. The van der Waals surface area contributed by atoms with E-state index < -0.39 is 11.6 Å². The highest BCUT2D eigenvalue weighted by molar-refractivity contribution is 5.77. The molecule has 0 saturated heterocycles. The Balaban J connectivity index is 2.53. The van der Waals surface area contributed by atoms with Gasteiger partial charge in [0.2, 0.25) is 0 Å². The largest absolute Gasteiger partial charge is 0.479 e. The van der Waals surface area contributed by atoms with E-state index in [2.05, 4.69) is 5.32 Å². The van der Waals surface area contributed by atoms with Crippen molar-refractivity contribution in [3.8, 4) is 0 Å². The van der Waals surface area contributed by atoms with Crippen molar-refractivity contribution in [2.45, 2.75) is 12.5 Å². The number of hydrogen-bond donors (Lipinski definition) is 3. The lowest BCUT2D eigenvalue weighted by atomic mass is 10.1. The van der Waals surface area contributed by atoms with Gasteiger partial charge in [0, 0.05) is 5.69 Å². The second-order valence-corrected chi connectivity index (χ2v) is 3.30. The molecule has 0 aromatic heterocycles. The zero-order chi connectivity index (χ0) is 10.6. The Morgan fingerprint density at radius 3 is 2.50 bits per heavy atom. The second kappa shape index (κ2) is 4.11. The smallest absolute Gasteiger partial charge is 0.337 e. The lowest BCUT2D eigenvalue weighted by Gasteiger charge is -2.18. The maximum absolute atomic E-state index is 10.6. The van der Waals surface area contributed by atoms with Crippen LogP contribution in [0.3, 0.4) is 0 Å². The van der Waals surface area contributed by atoms with Crippen molar-refractivity contribution in [2.75, 3.05) is 11.9 Å². The minimum absolute atomic E-state index is 0.0215. The monoisotopic (exact) mass is 195 g/mol. The van der Waals surface area contributed by atoms with Crippen LogP contribution in [-0.4, -0.2) is 28.3 Å². The number of hydrogen-bond acceptors (Lipinski definition) is 3. The number of aliphatic hydroxyl groups is 1.